The summed E-state index contributed by atoms with van der Waals surface area (Å²) in [6.45, 7) is 2.92. The lowest BCUT2D eigenvalue weighted by Crippen LogP contribution is -2.20. The van der Waals surface area contributed by atoms with Crippen LogP contribution in [0.1, 0.15) is 12.5 Å². The van der Waals surface area contributed by atoms with Crippen molar-refractivity contribution in [3.8, 4) is 0 Å². The average molecular weight is 304 g/mol. The Balaban J connectivity index is 2.57. The normalized spacial score (nSPS) is 10.8. The first-order valence-corrected chi connectivity index (χ1v) is 6.45. The molecule has 0 heterocycles. The molecule has 0 atom stereocenters. The molecular weight excluding hydrogens is 288 g/mol. The van der Waals surface area contributed by atoms with Crippen molar-refractivity contribution in [2.24, 2.45) is 0 Å². The minimum Gasteiger partial charge on any atom is -0.452 e. The highest BCUT2D eigenvalue weighted by Gasteiger charge is 2.12. The van der Waals surface area contributed by atoms with Gasteiger partial charge in [0.05, 0.1) is 4.92 Å². The van der Waals surface area contributed by atoms with Gasteiger partial charge in [0.15, 0.2) is 6.61 Å². The highest BCUT2D eigenvalue weighted by Crippen LogP contribution is 2.22. The standard InChI is InChI=1S/C15H16N2O5/c1-3-4-5-6-15(19)22-10-14(18)16-12-8-7-11(2)13(9-12)17(20)21/h3-9H,10H2,1-2H3,(H,16,18)/b4-3+,6-5+. The number of nitro groups is 1. The van der Waals surface area contributed by atoms with Crippen molar-refractivity contribution in [1.82, 2.24) is 0 Å². The summed E-state index contributed by atoms with van der Waals surface area (Å²) in [4.78, 5) is 33.1. The average Bonchev–Trinajstić information content (AvgIpc) is 2.47. The zero-order valence-electron chi connectivity index (χ0n) is 12.2. The van der Waals surface area contributed by atoms with Gasteiger partial charge in [-0.3, -0.25) is 14.9 Å². The van der Waals surface area contributed by atoms with Gasteiger partial charge in [0.25, 0.3) is 11.6 Å². The largest absolute Gasteiger partial charge is 0.452 e. The number of amides is 1. The van der Waals surface area contributed by atoms with Crippen molar-refractivity contribution < 1.29 is 19.2 Å². The molecule has 7 heteroatoms. The summed E-state index contributed by atoms with van der Waals surface area (Å²) in [6, 6.07) is 4.31. The summed E-state index contributed by atoms with van der Waals surface area (Å²) in [7, 11) is 0. The number of ether oxygens (including phenoxy) is 1. The maximum Gasteiger partial charge on any atom is 0.331 e. The van der Waals surface area contributed by atoms with E-state index in [0.717, 1.165) is 0 Å². The fourth-order valence-electron chi connectivity index (χ4n) is 1.51. The molecule has 0 aliphatic rings. The molecule has 1 rings (SSSR count). The zero-order chi connectivity index (χ0) is 16.5. The molecule has 22 heavy (non-hydrogen) atoms. The van der Waals surface area contributed by atoms with Gasteiger partial charge in [-0.15, -0.1) is 0 Å². The van der Waals surface area contributed by atoms with Gasteiger partial charge >= 0.3 is 5.97 Å². The molecule has 0 aliphatic heterocycles. The molecule has 0 unspecified atom stereocenters. The molecule has 0 fully saturated rings. The van der Waals surface area contributed by atoms with E-state index in [1.807, 2.05) is 0 Å². The van der Waals surface area contributed by atoms with Crippen LogP contribution in [0, 0.1) is 17.0 Å². The topological polar surface area (TPSA) is 98.5 Å². The van der Waals surface area contributed by atoms with E-state index in [2.05, 4.69) is 5.32 Å². The summed E-state index contributed by atoms with van der Waals surface area (Å²) in [6.07, 6.45) is 6.06. The Morgan fingerprint density at radius 1 is 1.36 bits per heavy atom. The van der Waals surface area contributed by atoms with E-state index in [4.69, 9.17) is 4.74 Å². The Labute approximate surface area is 127 Å². The maximum absolute atomic E-state index is 11.6. The van der Waals surface area contributed by atoms with Crippen molar-refractivity contribution in [2.45, 2.75) is 13.8 Å². The molecular formula is C15H16N2O5. The van der Waals surface area contributed by atoms with Gasteiger partial charge in [-0.1, -0.05) is 24.3 Å². The van der Waals surface area contributed by atoms with Gasteiger partial charge in [0.2, 0.25) is 0 Å². The lowest BCUT2D eigenvalue weighted by atomic mass is 10.2. The Morgan fingerprint density at radius 3 is 2.73 bits per heavy atom. The number of carbonyl (C=O) groups is 2. The van der Waals surface area contributed by atoms with Crippen LogP contribution < -0.4 is 5.32 Å². The van der Waals surface area contributed by atoms with E-state index in [1.165, 1.54) is 30.4 Å². The first-order valence-electron chi connectivity index (χ1n) is 6.45. The van der Waals surface area contributed by atoms with Gasteiger partial charge in [-0.05, 0) is 19.9 Å². The Kier molecular flexibility index (Phi) is 6.49. The number of nitrogens with zero attached hydrogens (tertiary/aromatic N) is 1. The number of rotatable bonds is 6. The van der Waals surface area contributed by atoms with E-state index in [-0.39, 0.29) is 11.4 Å². The van der Waals surface area contributed by atoms with Crippen LogP contribution in [-0.2, 0) is 14.3 Å². The predicted molar refractivity (Wildman–Crippen MR) is 81.4 cm³/mol. The highest BCUT2D eigenvalue weighted by atomic mass is 16.6. The van der Waals surface area contributed by atoms with Gasteiger partial charge < -0.3 is 10.1 Å². The molecule has 0 aromatic heterocycles. The van der Waals surface area contributed by atoms with Crippen molar-refractivity contribution in [3.63, 3.8) is 0 Å². The lowest BCUT2D eigenvalue weighted by Gasteiger charge is -2.06. The van der Waals surface area contributed by atoms with Gasteiger partial charge in [0.1, 0.15) is 0 Å². The molecule has 0 spiro atoms. The molecule has 1 N–H and O–H groups in total. The molecule has 0 saturated heterocycles. The Morgan fingerprint density at radius 2 is 2.09 bits per heavy atom. The third kappa shape index (κ3) is 5.58. The zero-order valence-corrected chi connectivity index (χ0v) is 12.2. The molecule has 0 saturated carbocycles. The molecule has 1 aromatic carbocycles. The van der Waals surface area contributed by atoms with E-state index in [0.29, 0.717) is 5.56 Å². The Bertz CT molecular complexity index is 635. The number of benzene rings is 1. The maximum atomic E-state index is 11.6. The summed E-state index contributed by atoms with van der Waals surface area (Å²) in [5.41, 5.74) is 0.662. The summed E-state index contributed by atoms with van der Waals surface area (Å²) < 4.78 is 4.72. The second kappa shape index (κ2) is 8.35. The Hall–Kier alpha value is -2.96. The third-order valence-corrected chi connectivity index (χ3v) is 2.57. The second-order valence-electron chi connectivity index (χ2n) is 4.30. The molecule has 7 nitrogen and oxygen atoms in total. The number of aryl methyl sites for hydroxylation is 1. The molecule has 0 bridgehead atoms. The molecule has 0 aliphatic carbocycles. The van der Waals surface area contributed by atoms with Crippen molar-refractivity contribution >= 4 is 23.3 Å². The number of hydrogen-bond acceptors (Lipinski definition) is 5. The minimum absolute atomic E-state index is 0.0934. The summed E-state index contributed by atoms with van der Waals surface area (Å²) in [5.74, 6) is -1.23. The number of nitrogens with one attached hydrogen (secondary N) is 1. The number of anilines is 1. The van der Waals surface area contributed by atoms with E-state index in [1.54, 1.807) is 26.0 Å². The van der Waals surface area contributed by atoms with Gasteiger partial charge in [-0.25, -0.2) is 4.79 Å². The molecule has 1 aromatic rings. The first kappa shape index (κ1) is 17.1. The van der Waals surface area contributed by atoms with Gasteiger partial charge in [0, 0.05) is 23.4 Å². The van der Waals surface area contributed by atoms with Crippen LogP contribution in [0.15, 0.2) is 42.5 Å². The monoisotopic (exact) mass is 304 g/mol. The van der Waals surface area contributed by atoms with E-state index >= 15 is 0 Å². The quantitative estimate of drug-likeness (QED) is 0.286. The van der Waals surface area contributed by atoms with Crippen LogP contribution in [0.25, 0.3) is 0 Å². The van der Waals surface area contributed by atoms with Crippen molar-refractivity contribution in [3.05, 3.63) is 58.2 Å². The van der Waals surface area contributed by atoms with Crippen molar-refractivity contribution in [1.29, 1.82) is 0 Å². The number of nitro benzene ring substituents is 1. The van der Waals surface area contributed by atoms with E-state index < -0.39 is 23.4 Å². The predicted octanol–water partition coefficient (Wildman–Crippen LogP) is 2.52. The van der Waals surface area contributed by atoms with Crippen LogP contribution in [0.3, 0.4) is 0 Å². The summed E-state index contributed by atoms with van der Waals surface area (Å²) >= 11 is 0. The van der Waals surface area contributed by atoms with E-state index in [9.17, 15) is 19.7 Å². The molecule has 116 valence electrons. The third-order valence-electron chi connectivity index (χ3n) is 2.57. The van der Waals surface area contributed by atoms with Crippen LogP contribution in [-0.4, -0.2) is 23.4 Å². The fourth-order valence-corrected chi connectivity index (χ4v) is 1.51. The number of esters is 1. The smallest absolute Gasteiger partial charge is 0.331 e. The van der Waals surface area contributed by atoms with Gasteiger partial charge in [-0.2, -0.15) is 0 Å². The van der Waals surface area contributed by atoms with Crippen molar-refractivity contribution in [2.75, 3.05) is 11.9 Å². The molecule has 1 amide bonds. The SMILES string of the molecule is C/C=C/C=C/C(=O)OCC(=O)Nc1ccc(C)c([N+](=O)[O-])c1. The highest BCUT2D eigenvalue weighted by molar-refractivity contribution is 5.94. The second-order valence-corrected chi connectivity index (χ2v) is 4.30. The number of carbonyl (C=O) groups excluding carboxylic acids is 2. The first-order chi connectivity index (χ1) is 10.4. The fraction of sp³-hybridized carbons (Fsp3) is 0.200. The van der Waals surface area contributed by atoms with Crippen LogP contribution in [0.4, 0.5) is 11.4 Å². The van der Waals surface area contributed by atoms with Crippen LogP contribution in [0.5, 0.6) is 0 Å². The molecule has 0 radical (unpaired) electrons. The minimum atomic E-state index is -0.650. The van der Waals surface area contributed by atoms with Crippen LogP contribution >= 0.6 is 0 Å². The lowest BCUT2D eigenvalue weighted by molar-refractivity contribution is -0.385. The number of allylic oxidation sites excluding steroid dienone is 3. The van der Waals surface area contributed by atoms with Crippen LogP contribution in [0.2, 0.25) is 0 Å². The summed E-state index contributed by atoms with van der Waals surface area (Å²) in [5, 5.41) is 13.2. The number of hydrogen-bond donors (Lipinski definition) is 1.